The second-order valence-electron chi connectivity index (χ2n) is 8.23. The number of nitrogens with one attached hydrogen (secondary N) is 1. The van der Waals surface area contributed by atoms with Gasteiger partial charge in [0, 0.05) is 31.6 Å². The number of allylic oxidation sites excluding steroid dienone is 1. The van der Waals surface area contributed by atoms with Crippen molar-refractivity contribution in [3.05, 3.63) is 56.6 Å². The van der Waals surface area contributed by atoms with Crippen molar-refractivity contribution in [2.24, 2.45) is 0 Å². The molecule has 1 aliphatic heterocycles. The molecule has 1 aromatic heterocycles. The van der Waals surface area contributed by atoms with E-state index in [-0.39, 0.29) is 18.9 Å². The van der Waals surface area contributed by atoms with Crippen LogP contribution in [0.15, 0.2) is 36.1 Å². The van der Waals surface area contributed by atoms with Gasteiger partial charge in [0.15, 0.2) is 6.23 Å². The minimum absolute atomic E-state index is 0.00777. The number of fused-ring (bicyclic) bond motifs is 1. The van der Waals surface area contributed by atoms with Gasteiger partial charge in [-0.3, -0.25) is 0 Å². The van der Waals surface area contributed by atoms with E-state index in [4.69, 9.17) is 19.3 Å². The Morgan fingerprint density at radius 3 is 2.94 bits per heavy atom. The lowest BCUT2D eigenvalue weighted by Crippen LogP contribution is -2.28. The Labute approximate surface area is 202 Å². The fourth-order valence-electron chi connectivity index (χ4n) is 4.03. The van der Waals surface area contributed by atoms with Gasteiger partial charge in [-0.05, 0) is 66.8 Å². The Bertz CT molecular complexity index is 938. The molecule has 1 aliphatic carbocycles. The van der Waals surface area contributed by atoms with E-state index >= 15 is 0 Å². The van der Waals surface area contributed by atoms with Crippen LogP contribution in [0.2, 0.25) is 0 Å². The predicted octanol–water partition coefficient (Wildman–Crippen LogP) is 5.20. The number of nitrogens with zero attached hydrogens (tertiary/aromatic N) is 2. The first-order valence-electron chi connectivity index (χ1n) is 11.3. The lowest BCUT2D eigenvalue weighted by atomic mass is 10.0. The topological polar surface area (TPSA) is 74.6 Å². The third-order valence-corrected chi connectivity index (χ3v) is 6.53. The van der Waals surface area contributed by atoms with Crippen LogP contribution in [0.1, 0.15) is 62.1 Å². The summed E-state index contributed by atoms with van der Waals surface area (Å²) in [7, 11) is 0. The first-order chi connectivity index (χ1) is 15.6. The second kappa shape index (κ2) is 11.2. The van der Waals surface area contributed by atoms with E-state index in [0.717, 1.165) is 52.9 Å². The van der Waals surface area contributed by atoms with E-state index in [1.165, 1.54) is 12.1 Å². The minimum Gasteiger partial charge on any atom is -0.495 e. The van der Waals surface area contributed by atoms with Crippen molar-refractivity contribution < 1.29 is 19.0 Å². The normalized spacial score (nSPS) is 18.9. The summed E-state index contributed by atoms with van der Waals surface area (Å²) in [6.07, 6.45) is 7.55. The average Bonchev–Trinajstić information content (AvgIpc) is 3.15. The van der Waals surface area contributed by atoms with Gasteiger partial charge in [0.25, 0.3) is 0 Å². The van der Waals surface area contributed by atoms with Crippen LogP contribution in [-0.2, 0) is 27.2 Å². The van der Waals surface area contributed by atoms with Crippen molar-refractivity contribution in [1.82, 2.24) is 15.1 Å². The molecule has 8 heteroatoms. The highest BCUT2D eigenvalue weighted by Gasteiger charge is 2.26. The zero-order valence-corrected chi connectivity index (χ0v) is 20.5. The summed E-state index contributed by atoms with van der Waals surface area (Å²) in [5, 5.41) is 7.55. The van der Waals surface area contributed by atoms with Gasteiger partial charge in [0.2, 0.25) is 0 Å². The molecule has 1 N–H and O–H groups in total. The van der Waals surface area contributed by atoms with Crippen molar-refractivity contribution in [3.63, 3.8) is 0 Å². The highest BCUT2D eigenvalue weighted by molar-refractivity contribution is 14.1. The van der Waals surface area contributed by atoms with Crippen molar-refractivity contribution in [3.8, 4) is 0 Å². The van der Waals surface area contributed by atoms with Gasteiger partial charge in [-0.15, -0.1) is 0 Å². The second-order valence-corrected chi connectivity index (χ2v) is 9.26. The smallest absolute Gasteiger partial charge is 0.407 e. The monoisotopic (exact) mass is 551 g/mol. The molecule has 2 atom stereocenters. The standard InChI is InChI=1S/C24H30IN3O4/c1-17(12-13-26-24(29)31-16-18-7-3-2-4-8-18)32-19-10-11-21-20(15-19)23(25)27-28(21)22-9-5-6-14-30-22/h2-4,7-8,15,17,22H,5-6,9-14,16H2,1H3,(H,26,29)/t17-,22?/m1/s1. The molecular weight excluding hydrogens is 521 g/mol. The Balaban J connectivity index is 1.24. The maximum Gasteiger partial charge on any atom is 0.407 e. The molecule has 0 radical (unpaired) electrons. The fourth-order valence-corrected chi connectivity index (χ4v) is 4.73. The van der Waals surface area contributed by atoms with Crippen molar-refractivity contribution in [1.29, 1.82) is 0 Å². The van der Waals surface area contributed by atoms with Gasteiger partial charge < -0.3 is 19.5 Å². The van der Waals surface area contributed by atoms with Gasteiger partial charge in [-0.1, -0.05) is 30.3 Å². The highest BCUT2D eigenvalue weighted by Crippen LogP contribution is 2.33. The maximum atomic E-state index is 11.9. The van der Waals surface area contributed by atoms with E-state index in [1.807, 2.05) is 37.3 Å². The molecule has 2 aromatic rings. The lowest BCUT2D eigenvalue weighted by Gasteiger charge is -2.26. The number of hydrogen-bond acceptors (Lipinski definition) is 5. The zero-order valence-electron chi connectivity index (χ0n) is 18.4. The fraction of sp³-hybridized carbons (Fsp3) is 0.500. The van der Waals surface area contributed by atoms with Gasteiger partial charge in [0.05, 0.1) is 17.6 Å². The van der Waals surface area contributed by atoms with Crippen LogP contribution < -0.4 is 5.32 Å². The summed E-state index contributed by atoms with van der Waals surface area (Å²) in [4.78, 5) is 11.9. The molecule has 4 rings (SSSR count). The SMILES string of the molecule is C[C@H](CCNC(=O)OCc1ccccc1)OC1=Cc2c(I)nn(C3CCCCO3)c2CC1. The number of aromatic nitrogens is 2. The summed E-state index contributed by atoms with van der Waals surface area (Å²) >= 11 is 2.30. The van der Waals surface area contributed by atoms with Crippen LogP contribution in [0, 0.1) is 3.70 Å². The number of ether oxygens (including phenoxy) is 3. The average molecular weight is 551 g/mol. The molecule has 172 valence electrons. The van der Waals surface area contributed by atoms with Crippen LogP contribution in [0.4, 0.5) is 4.79 Å². The summed E-state index contributed by atoms with van der Waals surface area (Å²) in [5.74, 6) is 0.971. The van der Waals surface area contributed by atoms with E-state index in [2.05, 4.69) is 38.7 Å². The number of benzene rings is 1. The van der Waals surface area contributed by atoms with Crippen LogP contribution in [0.25, 0.3) is 6.08 Å². The molecule has 1 fully saturated rings. The number of amides is 1. The Morgan fingerprint density at radius 2 is 2.16 bits per heavy atom. The summed E-state index contributed by atoms with van der Waals surface area (Å²) in [6, 6.07) is 9.65. The van der Waals surface area contributed by atoms with Crippen LogP contribution in [0.3, 0.4) is 0 Å². The van der Waals surface area contributed by atoms with Crippen molar-refractivity contribution >= 4 is 34.8 Å². The number of hydrogen-bond donors (Lipinski definition) is 1. The molecule has 1 saturated heterocycles. The number of halogens is 1. The Hall–Kier alpha value is -2.07. The molecule has 2 heterocycles. The molecule has 0 saturated carbocycles. The third-order valence-electron chi connectivity index (χ3n) is 5.73. The van der Waals surface area contributed by atoms with Gasteiger partial charge in [0.1, 0.15) is 10.3 Å². The Kier molecular flexibility index (Phi) is 8.07. The van der Waals surface area contributed by atoms with Crippen LogP contribution >= 0.6 is 22.6 Å². The van der Waals surface area contributed by atoms with Crippen molar-refractivity contribution in [2.45, 2.75) is 64.4 Å². The van der Waals surface area contributed by atoms with Gasteiger partial charge in [-0.2, -0.15) is 5.10 Å². The molecule has 1 amide bonds. The molecule has 7 nitrogen and oxygen atoms in total. The largest absolute Gasteiger partial charge is 0.495 e. The molecule has 0 bridgehead atoms. The lowest BCUT2D eigenvalue weighted by molar-refractivity contribution is -0.0414. The summed E-state index contributed by atoms with van der Waals surface area (Å²) in [6.45, 7) is 3.61. The summed E-state index contributed by atoms with van der Waals surface area (Å²) in [5.41, 5.74) is 3.36. The molecule has 2 aliphatic rings. The van der Waals surface area contributed by atoms with Crippen LogP contribution in [0.5, 0.6) is 0 Å². The first kappa shape index (κ1) is 23.1. The number of carbonyl (C=O) groups excluding carboxylic acids is 1. The molecule has 1 unspecified atom stereocenters. The quantitative estimate of drug-likeness (QED) is 0.457. The number of rotatable bonds is 8. The Morgan fingerprint density at radius 1 is 1.31 bits per heavy atom. The predicted molar refractivity (Wildman–Crippen MR) is 130 cm³/mol. The third kappa shape index (κ3) is 6.04. The van der Waals surface area contributed by atoms with E-state index in [0.29, 0.717) is 13.0 Å². The first-order valence-corrected chi connectivity index (χ1v) is 12.4. The van der Waals surface area contributed by atoms with Crippen LogP contribution in [-0.4, -0.2) is 35.1 Å². The number of carbonyl (C=O) groups is 1. The van der Waals surface area contributed by atoms with E-state index in [9.17, 15) is 4.79 Å². The van der Waals surface area contributed by atoms with Gasteiger partial charge >= 0.3 is 6.09 Å². The molecule has 32 heavy (non-hydrogen) atoms. The maximum absolute atomic E-state index is 11.9. The molecular formula is C24H30IN3O4. The van der Waals surface area contributed by atoms with Gasteiger partial charge in [-0.25, -0.2) is 9.48 Å². The van der Waals surface area contributed by atoms with E-state index < -0.39 is 6.09 Å². The minimum atomic E-state index is -0.408. The zero-order chi connectivity index (χ0) is 22.3. The number of alkyl carbamates (subject to hydrolysis) is 1. The summed E-state index contributed by atoms with van der Waals surface area (Å²) < 4.78 is 20.4. The van der Waals surface area contributed by atoms with E-state index in [1.54, 1.807) is 0 Å². The molecule has 1 aromatic carbocycles. The van der Waals surface area contributed by atoms with Crippen molar-refractivity contribution in [2.75, 3.05) is 13.2 Å². The highest BCUT2D eigenvalue weighted by atomic mass is 127. The molecule has 0 spiro atoms.